The number of unbranched alkanes of at least 4 members (excludes halogenated alkanes) is 22. The summed E-state index contributed by atoms with van der Waals surface area (Å²) in [5.41, 5.74) is 0. The zero-order chi connectivity index (χ0) is 34.5. The summed E-state index contributed by atoms with van der Waals surface area (Å²) >= 11 is -2.59. The Morgan fingerprint density at radius 2 is 0.681 bits per heavy atom. The molecule has 0 fully saturated rings. The zero-order valence-corrected chi connectivity index (χ0v) is 36.5. The summed E-state index contributed by atoms with van der Waals surface area (Å²) in [4.78, 5) is 25.0. The van der Waals surface area contributed by atoms with E-state index >= 15 is 0 Å². The Hall–Kier alpha value is 0.439. The van der Waals surface area contributed by atoms with E-state index in [9.17, 15) is 9.59 Å². The molecular weight excluding hydrogens is 727 g/mol. The topological polar surface area (TPSA) is 52.6 Å². The van der Waals surface area contributed by atoms with Crippen LogP contribution in [-0.2, 0) is 19.1 Å². The summed E-state index contributed by atoms with van der Waals surface area (Å²) in [5, 5.41) is 0. The van der Waals surface area contributed by atoms with Crippen LogP contribution in [0.1, 0.15) is 207 Å². The van der Waals surface area contributed by atoms with Crippen molar-refractivity contribution < 1.29 is 19.1 Å². The fraction of sp³-hybridized carbons (Fsp3) is 0.950. The molecule has 0 atom stereocenters. The van der Waals surface area contributed by atoms with Crippen LogP contribution in [-0.4, -0.2) is 52.3 Å². The molecule has 0 radical (unpaired) electrons. The van der Waals surface area contributed by atoms with E-state index in [4.69, 9.17) is 9.47 Å². The first-order valence-corrected chi connectivity index (χ1v) is 33.6. The molecule has 47 heavy (non-hydrogen) atoms. The number of esters is 2. The molecule has 0 bridgehead atoms. The van der Waals surface area contributed by atoms with E-state index in [2.05, 4.69) is 45.6 Å². The van der Waals surface area contributed by atoms with Gasteiger partial charge in [-0.25, -0.2) is 0 Å². The fourth-order valence-electron chi connectivity index (χ4n) is 6.04. The number of ether oxygens (including phenoxy) is 2. The van der Waals surface area contributed by atoms with Gasteiger partial charge in [0.05, 0.1) is 0 Å². The minimum Gasteiger partial charge on any atom is -0.0654 e. The summed E-state index contributed by atoms with van der Waals surface area (Å²) in [6.45, 7) is 10.3. The van der Waals surface area contributed by atoms with Gasteiger partial charge in [-0.1, -0.05) is 78.1 Å². The molecule has 0 aliphatic heterocycles. The van der Waals surface area contributed by atoms with Crippen LogP contribution in [0.3, 0.4) is 0 Å². The molecule has 0 aliphatic rings. The number of hydrogen-bond acceptors (Lipinski definition) is 6. The summed E-state index contributed by atoms with van der Waals surface area (Å²) < 4.78 is 13.9. The van der Waals surface area contributed by atoms with E-state index in [1.165, 1.54) is 163 Å². The van der Waals surface area contributed by atoms with Crippen molar-refractivity contribution >= 4 is 45.4 Å². The van der Waals surface area contributed by atoms with Gasteiger partial charge in [0.2, 0.25) is 0 Å². The third kappa shape index (κ3) is 33.4. The predicted octanol–water partition coefficient (Wildman–Crippen LogP) is 14.0. The van der Waals surface area contributed by atoms with Crippen molar-refractivity contribution in [1.29, 1.82) is 0 Å². The van der Waals surface area contributed by atoms with Crippen molar-refractivity contribution in [2.45, 2.75) is 216 Å². The molecule has 7 heteroatoms. The Balaban J connectivity index is 4.18. The van der Waals surface area contributed by atoms with E-state index in [1.807, 2.05) is 0 Å². The van der Waals surface area contributed by atoms with Gasteiger partial charge in [0.1, 0.15) is 0 Å². The van der Waals surface area contributed by atoms with Crippen molar-refractivity contribution in [2.75, 3.05) is 24.7 Å². The minimum absolute atomic E-state index is 0.0215. The van der Waals surface area contributed by atoms with Crippen molar-refractivity contribution in [3.05, 3.63) is 0 Å². The van der Waals surface area contributed by atoms with Crippen molar-refractivity contribution in [3.63, 3.8) is 0 Å². The van der Waals surface area contributed by atoms with Crippen LogP contribution in [0.2, 0.25) is 8.87 Å². The summed E-state index contributed by atoms with van der Waals surface area (Å²) in [6, 6.07) is 0. The average molecular weight is 808 g/mol. The van der Waals surface area contributed by atoms with Crippen LogP contribution >= 0.6 is 17.9 Å². The van der Waals surface area contributed by atoms with Crippen LogP contribution in [0.25, 0.3) is 0 Å². The molecule has 0 aromatic carbocycles. The van der Waals surface area contributed by atoms with E-state index < -0.39 is 15.6 Å². The van der Waals surface area contributed by atoms with E-state index in [1.54, 1.807) is 0 Å². The maximum atomic E-state index is 12.5. The minimum atomic E-state index is -2.59. The Labute approximate surface area is 303 Å². The molecule has 280 valence electrons. The molecule has 0 aromatic rings. The maximum absolute atomic E-state index is 12.5. The molecular formula is C40H80O4S2Sn. The number of carbonyl (C=O) groups excluding carboxylic acids is 2. The first kappa shape index (κ1) is 47.4. The van der Waals surface area contributed by atoms with Crippen LogP contribution in [0, 0.1) is 0 Å². The van der Waals surface area contributed by atoms with Gasteiger partial charge in [0.15, 0.2) is 0 Å². The predicted molar refractivity (Wildman–Crippen MR) is 214 cm³/mol. The molecule has 0 saturated carbocycles. The van der Waals surface area contributed by atoms with Gasteiger partial charge < -0.3 is 0 Å². The standard InChI is InChI=1S/2C16H32O2S.2C4H9.Sn/c2*1-2-3-4-5-6-7-8-9-10-11-12-14-18-16(17)13-15-19;2*1-3-4-2;/h2*19H,2-15H2,1H3;2*1,3-4H2,2H3;/q;;;;+2/p-2. The first-order valence-electron chi connectivity index (χ1n) is 20.6. The van der Waals surface area contributed by atoms with Gasteiger partial charge in [0, 0.05) is 0 Å². The summed E-state index contributed by atoms with van der Waals surface area (Å²) in [6.07, 6.45) is 34.8. The molecule has 0 heterocycles. The van der Waals surface area contributed by atoms with Crippen LogP contribution < -0.4 is 0 Å². The molecule has 0 rings (SSSR count). The van der Waals surface area contributed by atoms with Crippen LogP contribution in [0.4, 0.5) is 0 Å². The van der Waals surface area contributed by atoms with Crippen molar-refractivity contribution in [2.24, 2.45) is 0 Å². The Morgan fingerprint density at radius 1 is 0.404 bits per heavy atom. The molecule has 0 spiro atoms. The number of carbonyl (C=O) groups is 2. The second kappa shape index (κ2) is 37.7. The smallest absolute Gasteiger partial charge is 0.0654 e. The van der Waals surface area contributed by atoms with Crippen molar-refractivity contribution in [3.8, 4) is 0 Å². The van der Waals surface area contributed by atoms with Gasteiger partial charge in [0.25, 0.3) is 0 Å². The van der Waals surface area contributed by atoms with Gasteiger partial charge >= 0.3 is 228 Å². The third-order valence-electron chi connectivity index (χ3n) is 9.19. The molecule has 4 nitrogen and oxygen atoms in total. The summed E-state index contributed by atoms with van der Waals surface area (Å²) in [7, 11) is 4.29. The monoisotopic (exact) mass is 808 g/mol. The quantitative estimate of drug-likeness (QED) is 0.0352. The Kier molecular flexibility index (Phi) is 38.0. The SMILES string of the molecule is CCCCCCCCCCCCCOC(=O)CC[S][Sn]([CH2]CCC)([CH2]CCC)[S]CCC(=O)OCCCCCCCCCCCCC. The molecule has 0 aliphatic carbocycles. The molecule has 0 unspecified atom stereocenters. The normalized spacial score (nSPS) is 11.7. The summed E-state index contributed by atoms with van der Waals surface area (Å²) in [5.74, 6) is 1.73. The molecule has 0 aromatic heterocycles. The average Bonchev–Trinajstić information content (AvgIpc) is 3.07. The van der Waals surface area contributed by atoms with Crippen LogP contribution in [0.5, 0.6) is 0 Å². The molecule has 0 N–H and O–H groups in total. The van der Waals surface area contributed by atoms with E-state index in [0.29, 0.717) is 26.1 Å². The third-order valence-corrected chi connectivity index (χ3v) is 40.1. The fourth-order valence-corrected chi connectivity index (χ4v) is 36.5. The van der Waals surface area contributed by atoms with Crippen LogP contribution in [0.15, 0.2) is 0 Å². The first-order chi connectivity index (χ1) is 23.0. The number of rotatable bonds is 38. The molecule has 0 saturated heterocycles. The Morgan fingerprint density at radius 3 is 0.979 bits per heavy atom. The Bertz CT molecular complexity index is 623. The van der Waals surface area contributed by atoms with Gasteiger partial charge in [-0.05, 0) is 0 Å². The second-order valence-corrected chi connectivity index (χ2v) is 40.4. The number of hydrogen-bond donors (Lipinski definition) is 0. The van der Waals surface area contributed by atoms with Crippen molar-refractivity contribution in [1.82, 2.24) is 0 Å². The van der Waals surface area contributed by atoms with E-state index in [-0.39, 0.29) is 11.9 Å². The second-order valence-electron chi connectivity index (χ2n) is 13.8. The zero-order valence-electron chi connectivity index (χ0n) is 32.0. The van der Waals surface area contributed by atoms with Gasteiger partial charge in [-0.3, -0.25) is 0 Å². The van der Waals surface area contributed by atoms with Gasteiger partial charge in [-0.2, -0.15) is 0 Å². The van der Waals surface area contributed by atoms with Gasteiger partial charge in [-0.15, -0.1) is 0 Å². The van der Waals surface area contributed by atoms with E-state index in [0.717, 1.165) is 24.3 Å². The molecule has 0 amide bonds.